The molecule has 0 bridgehead atoms. The van der Waals surface area contributed by atoms with Crippen LogP contribution < -0.4 is 5.32 Å². The van der Waals surface area contributed by atoms with Gasteiger partial charge in [-0.3, -0.25) is 9.97 Å². The first kappa shape index (κ1) is 17.6. The molecule has 1 saturated heterocycles. The Bertz CT molecular complexity index is 1090. The van der Waals surface area contributed by atoms with Gasteiger partial charge < -0.3 is 19.2 Å². The molecule has 4 aromatic heterocycles. The second-order valence-corrected chi connectivity index (χ2v) is 7.23. The van der Waals surface area contributed by atoms with Gasteiger partial charge in [0.2, 0.25) is 0 Å². The number of aromatic nitrogens is 3. The molecule has 0 aliphatic carbocycles. The number of hydrogen-bond acceptors (Lipinski definition) is 4. The average molecular weight is 401 g/mol. The minimum absolute atomic E-state index is 0.0503. The van der Waals surface area contributed by atoms with Crippen LogP contribution in [0, 0.1) is 0 Å². The van der Waals surface area contributed by atoms with Gasteiger partial charge in [0.1, 0.15) is 5.76 Å². The van der Waals surface area contributed by atoms with E-state index >= 15 is 0 Å². The number of thiocarbonyl (C=S) groups is 1. The van der Waals surface area contributed by atoms with Gasteiger partial charge in [0, 0.05) is 36.2 Å². The van der Waals surface area contributed by atoms with Crippen molar-refractivity contribution in [2.45, 2.75) is 18.6 Å². The lowest BCUT2D eigenvalue weighted by Crippen LogP contribution is -2.29. The molecule has 5 rings (SSSR count). The highest BCUT2D eigenvalue weighted by molar-refractivity contribution is 7.80. The number of furan rings is 1. The molecular weight excluding hydrogens is 382 g/mol. The first-order valence-electron chi connectivity index (χ1n) is 9.39. The van der Waals surface area contributed by atoms with Crippen molar-refractivity contribution in [3.63, 3.8) is 0 Å². The van der Waals surface area contributed by atoms with Gasteiger partial charge in [-0.15, -0.1) is 0 Å². The maximum Gasteiger partial charge on any atom is 0.170 e. The van der Waals surface area contributed by atoms with Crippen LogP contribution in [0.3, 0.4) is 0 Å². The third kappa shape index (κ3) is 3.30. The van der Waals surface area contributed by atoms with Crippen molar-refractivity contribution in [1.29, 1.82) is 0 Å². The van der Waals surface area contributed by atoms with E-state index in [1.165, 1.54) is 0 Å². The smallest absolute Gasteiger partial charge is 0.170 e. The summed E-state index contributed by atoms with van der Waals surface area (Å²) in [5, 5.41) is 4.16. The van der Waals surface area contributed by atoms with E-state index in [9.17, 15) is 0 Å². The van der Waals surface area contributed by atoms with E-state index in [0.717, 1.165) is 22.8 Å². The summed E-state index contributed by atoms with van der Waals surface area (Å²) in [6, 6.07) is 17.9. The summed E-state index contributed by atoms with van der Waals surface area (Å²) in [5.41, 5.74) is 3.12. The van der Waals surface area contributed by atoms with Gasteiger partial charge in [0.25, 0.3) is 0 Å². The van der Waals surface area contributed by atoms with Crippen molar-refractivity contribution in [2.24, 2.45) is 0 Å². The minimum atomic E-state index is -0.0749. The molecule has 0 amide bonds. The van der Waals surface area contributed by atoms with Crippen molar-refractivity contribution in [1.82, 2.24) is 24.8 Å². The fourth-order valence-corrected chi connectivity index (χ4v) is 4.15. The van der Waals surface area contributed by atoms with Crippen LogP contribution >= 0.6 is 12.2 Å². The summed E-state index contributed by atoms with van der Waals surface area (Å²) in [6.45, 7) is 0.578. The molecule has 144 valence electrons. The predicted octanol–water partition coefficient (Wildman–Crippen LogP) is 4.03. The van der Waals surface area contributed by atoms with Crippen LogP contribution in [0.15, 0.2) is 90.1 Å². The molecule has 4 aromatic rings. The van der Waals surface area contributed by atoms with Crippen LogP contribution in [0.5, 0.6) is 0 Å². The predicted molar refractivity (Wildman–Crippen MR) is 113 cm³/mol. The highest BCUT2D eigenvalue weighted by Crippen LogP contribution is 2.40. The monoisotopic (exact) mass is 401 g/mol. The van der Waals surface area contributed by atoms with Gasteiger partial charge >= 0.3 is 0 Å². The number of rotatable bonds is 5. The quantitative estimate of drug-likeness (QED) is 0.510. The largest absolute Gasteiger partial charge is 0.467 e. The molecule has 2 unspecified atom stereocenters. The van der Waals surface area contributed by atoms with E-state index in [0.29, 0.717) is 11.7 Å². The average Bonchev–Trinajstić information content (AvgIpc) is 3.51. The normalized spacial score (nSPS) is 18.8. The van der Waals surface area contributed by atoms with Crippen LogP contribution in [0.25, 0.3) is 5.69 Å². The number of hydrogen-bond donors (Lipinski definition) is 1. The third-order valence-electron chi connectivity index (χ3n) is 5.13. The molecule has 1 N–H and O–H groups in total. The molecule has 0 aromatic carbocycles. The van der Waals surface area contributed by atoms with Gasteiger partial charge in [0.05, 0.1) is 30.6 Å². The molecule has 1 aliphatic rings. The van der Waals surface area contributed by atoms with Crippen molar-refractivity contribution >= 4 is 17.3 Å². The molecule has 5 heterocycles. The molecule has 0 radical (unpaired) electrons. The van der Waals surface area contributed by atoms with Gasteiger partial charge in [-0.2, -0.15) is 0 Å². The standard InChI is InChI=1S/C22H19N5OS/c29-22-25-20(18-6-1-2-10-24-18)21(27(22)15-17-5-4-14-28-17)19-7-3-13-26(19)16-8-11-23-12-9-16/h1-14,20-21H,15H2,(H,25,29). The first-order chi connectivity index (χ1) is 14.3. The summed E-state index contributed by atoms with van der Waals surface area (Å²) in [5.74, 6) is 0.864. The molecule has 1 aliphatic heterocycles. The fourth-order valence-electron chi connectivity index (χ4n) is 3.84. The zero-order valence-electron chi connectivity index (χ0n) is 15.6. The van der Waals surface area contributed by atoms with Crippen LogP contribution in [0.2, 0.25) is 0 Å². The van der Waals surface area contributed by atoms with Gasteiger partial charge in [0.15, 0.2) is 5.11 Å². The molecule has 2 atom stereocenters. The zero-order valence-corrected chi connectivity index (χ0v) is 16.4. The number of pyridine rings is 2. The summed E-state index contributed by atoms with van der Waals surface area (Å²) in [7, 11) is 0. The number of nitrogens with one attached hydrogen (secondary N) is 1. The van der Waals surface area contributed by atoms with Crippen molar-refractivity contribution in [3.8, 4) is 5.69 Å². The highest BCUT2D eigenvalue weighted by Gasteiger charge is 2.41. The van der Waals surface area contributed by atoms with Crippen molar-refractivity contribution < 1.29 is 4.42 Å². The lowest BCUT2D eigenvalue weighted by atomic mass is 10.0. The molecule has 7 heteroatoms. The van der Waals surface area contributed by atoms with E-state index < -0.39 is 0 Å². The molecule has 29 heavy (non-hydrogen) atoms. The SMILES string of the molecule is S=C1NC(c2ccccn2)C(c2cccn2-c2ccncc2)N1Cc1ccco1. The van der Waals surface area contributed by atoms with Crippen LogP contribution in [-0.2, 0) is 6.54 Å². The zero-order chi connectivity index (χ0) is 19.6. The van der Waals surface area contributed by atoms with Gasteiger partial charge in [-0.1, -0.05) is 6.07 Å². The number of nitrogens with zero attached hydrogens (tertiary/aromatic N) is 4. The Kier molecular flexibility index (Phi) is 4.57. The Morgan fingerprint density at radius 1 is 1.00 bits per heavy atom. The topological polar surface area (TPSA) is 59.1 Å². The highest BCUT2D eigenvalue weighted by atomic mass is 32.1. The summed E-state index contributed by atoms with van der Waals surface area (Å²) in [6.07, 6.45) is 9.16. The second kappa shape index (κ2) is 7.52. The van der Waals surface area contributed by atoms with Crippen LogP contribution in [-0.4, -0.2) is 24.5 Å². The fraction of sp³-hybridized carbons (Fsp3) is 0.136. The summed E-state index contributed by atoms with van der Waals surface area (Å²) >= 11 is 5.73. The lowest BCUT2D eigenvalue weighted by Gasteiger charge is -2.28. The van der Waals surface area contributed by atoms with E-state index in [2.05, 4.69) is 43.1 Å². The van der Waals surface area contributed by atoms with Crippen molar-refractivity contribution in [3.05, 3.63) is 103 Å². The molecule has 0 spiro atoms. The third-order valence-corrected chi connectivity index (χ3v) is 5.48. The maximum atomic E-state index is 5.73. The van der Waals surface area contributed by atoms with E-state index in [-0.39, 0.29) is 12.1 Å². The Balaban J connectivity index is 1.61. The lowest BCUT2D eigenvalue weighted by molar-refractivity contribution is 0.280. The Morgan fingerprint density at radius 3 is 2.66 bits per heavy atom. The molecule has 6 nitrogen and oxygen atoms in total. The second-order valence-electron chi connectivity index (χ2n) is 6.84. The Morgan fingerprint density at radius 2 is 1.90 bits per heavy atom. The van der Waals surface area contributed by atoms with Crippen LogP contribution in [0.4, 0.5) is 0 Å². The minimum Gasteiger partial charge on any atom is -0.467 e. The van der Waals surface area contributed by atoms with Gasteiger partial charge in [-0.25, -0.2) is 0 Å². The molecule has 0 saturated carbocycles. The Labute approximate surface area is 173 Å². The first-order valence-corrected chi connectivity index (χ1v) is 9.80. The molecule has 1 fully saturated rings. The van der Waals surface area contributed by atoms with E-state index in [4.69, 9.17) is 16.6 Å². The Hall–Kier alpha value is -3.45. The van der Waals surface area contributed by atoms with Gasteiger partial charge in [-0.05, 0) is 60.7 Å². The van der Waals surface area contributed by atoms with E-state index in [1.54, 1.807) is 18.7 Å². The van der Waals surface area contributed by atoms with E-state index in [1.807, 2.05) is 48.7 Å². The maximum absolute atomic E-state index is 5.73. The molecular formula is C22H19N5OS. The summed E-state index contributed by atoms with van der Waals surface area (Å²) in [4.78, 5) is 10.9. The summed E-state index contributed by atoms with van der Waals surface area (Å²) < 4.78 is 7.78. The van der Waals surface area contributed by atoms with Crippen molar-refractivity contribution in [2.75, 3.05) is 0 Å². The van der Waals surface area contributed by atoms with Crippen LogP contribution in [0.1, 0.15) is 29.2 Å².